The molecule has 0 saturated heterocycles. The minimum atomic E-state index is -4.40. The van der Waals surface area contributed by atoms with Crippen molar-refractivity contribution in [3.8, 4) is 22.9 Å². The zero-order valence-electron chi connectivity index (χ0n) is 14.9. The lowest BCUT2D eigenvalue weighted by Gasteiger charge is -2.18. The average Bonchev–Trinajstić information content (AvgIpc) is 3.03. The van der Waals surface area contributed by atoms with Crippen molar-refractivity contribution in [2.75, 3.05) is 23.0 Å². The number of hydrogen-bond donors (Lipinski definition) is 1. The van der Waals surface area contributed by atoms with E-state index in [2.05, 4.69) is 10.9 Å². The molecule has 0 bridgehead atoms. The van der Waals surface area contributed by atoms with E-state index in [9.17, 15) is 27.4 Å². The summed E-state index contributed by atoms with van der Waals surface area (Å²) in [7, 11) is -1.79. The highest BCUT2D eigenvalue weighted by Crippen LogP contribution is 2.37. The Morgan fingerprint density at radius 1 is 1.45 bits per heavy atom. The number of nitrogens with zero attached hydrogens (tertiary/aromatic N) is 3. The van der Waals surface area contributed by atoms with Crippen LogP contribution in [0, 0.1) is 12.3 Å². The molecule has 0 aromatic carbocycles. The lowest BCUT2D eigenvalue weighted by atomic mass is 10.3. The molecule has 0 radical (unpaired) electrons. The van der Waals surface area contributed by atoms with Gasteiger partial charge < -0.3 is 0 Å². The molecule has 2 rings (SSSR count). The quantitative estimate of drug-likeness (QED) is 0.368. The summed E-state index contributed by atoms with van der Waals surface area (Å²) in [5, 5.41) is 10.2. The number of anilines is 1. The van der Waals surface area contributed by atoms with Gasteiger partial charge in [-0.15, -0.1) is 6.42 Å². The van der Waals surface area contributed by atoms with E-state index in [1.54, 1.807) is 12.1 Å². The number of aromatic nitrogens is 2. The number of halogens is 4. The molecule has 12 heteroatoms. The first-order valence-corrected chi connectivity index (χ1v) is 10.8. The zero-order chi connectivity index (χ0) is 21.6. The summed E-state index contributed by atoms with van der Waals surface area (Å²) in [6.45, 7) is -0.135. The highest BCUT2D eigenvalue weighted by Gasteiger charge is 2.28. The summed E-state index contributed by atoms with van der Waals surface area (Å²) in [5.74, 6) is 1.02. The van der Waals surface area contributed by atoms with E-state index >= 15 is 0 Å². The van der Waals surface area contributed by atoms with Gasteiger partial charge in [-0.25, -0.2) is 4.98 Å². The number of thiazole rings is 1. The summed E-state index contributed by atoms with van der Waals surface area (Å²) in [6, 6.07) is 3.27. The van der Waals surface area contributed by atoms with Gasteiger partial charge in [-0.1, -0.05) is 28.9 Å². The van der Waals surface area contributed by atoms with E-state index in [1.807, 2.05) is 0 Å². The van der Waals surface area contributed by atoms with Gasteiger partial charge in [-0.3, -0.25) is 19.1 Å². The Hall–Kier alpha value is -2.16. The molecular formula is C17H16ClF3N3O3S2+. The molecule has 156 valence electrons. The summed E-state index contributed by atoms with van der Waals surface area (Å²) < 4.78 is 49.2. The molecule has 6 nitrogen and oxygen atoms in total. The standard InChI is InChI=1S/C17H16ClF3N3O3S2/c1-2-7-24(13(25)5-9-29(27)10-6-17(19,20)21)16-14(18)22-15(28-16)12-4-3-8-23(26)11-12/h1,3-4,8,11,26H,5-7,9-10H2/q+1. The van der Waals surface area contributed by atoms with Crippen LogP contribution in [-0.2, 0) is 15.6 Å². The molecule has 0 spiro atoms. The Labute approximate surface area is 176 Å². The van der Waals surface area contributed by atoms with Gasteiger partial charge >= 0.3 is 6.18 Å². The van der Waals surface area contributed by atoms with Crippen molar-refractivity contribution in [3.63, 3.8) is 0 Å². The molecule has 0 aliphatic rings. The van der Waals surface area contributed by atoms with Crippen molar-refractivity contribution >= 4 is 44.6 Å². The molecule has 0 aliphatic heterocycles. The third kappa shape index (κ3) is 6.99. The number of rotatable bonds is 8. The van der Waals surface area contributed by atoms with E-state index in [0.29, 0.717) is 10.6 Å². The molecule has 1 unspecified atom stereocenters. The van der Waals surface area contributed by atoms with Crippen LogP contribution < -0.4 is 9.63 Å². The van der Waals surface area contributed by atoms with Crippen LogP contribution in [0.15, 0.2) is 24.5 Å². The van der Waals surface area contributed by atoms with E-state index in [1.165, 1.54) is 17.3 Å². The number of hydrogen-bond acceptors (Lipinski definition) is 5. The molecular weight excluding hydrogens is 451 g/mol. The summed E-state index contributed by atoms with van der Waals surface area (Å²) in [5.41, 5.74) is 0.550. The summed E-state index contributed by atoms with van der Waals surface area (Å²) in [4.78, 5) is 17.9. The molecule has 29 heavy (non-hydrogen) atoms. The van der Waals surface area contributed by atoms with Crippen LogP contribution in [0.2, 0.25) is 5.15 Å². The van der Waals surface area contributed by atoms with Crippen molar-refractivity contribution in [1.82, 2.24) is 4.98 Å². The normalized spacial score (nSPS) is 12.4. The van der Waals surface area contributed by atoms with E-state index in [0.717, 1.165) is 16.1 Å². The Morgan fingerprint density at radius 3 is 2.79 bits per heavy atom. The van der Waals surface area contributed by atoms with Gasteiger partial charge in [0.25, 0.3) is 0 Å². The number of carbonyl (C=O) groups excluding carboxylic acids is 1. The lowest BCUT2D eigenvalue weighted by molar-refractivity contribution is -0.904. The predicted octanol–water partition coefficient (Wildman–Crippen LogP) is 3.05. The first kappa shape index (κ1) is 23.1. The Kier molecular flexibility index (Phi) is 8.01. The maximum atomic E-state index is 12.5. The molecule has 2 aromatic heterocycles. The smallest absolute Gasteiger partial charge is 0.289 e. The first-order chi connectivity index (χ1) is 13.6. The van der Waals surface area contributed by atoms with Crippen molar-refractivity contribution < 1.29 is 32.1 Å². The highest BCUT2D eigenvalue weighted by atomic mass is 35.5. The van der Waals surface area contributed by atoms with Crippen LogP contribution >= 0.6 is 22.9 Å². The molecule has 2 heterocycles. The Balaban J connectivity index is 2.12. The average molecular weight is 467 g/mol. The maximum Gasteiger partial charge on any atom is 0.390 e. The zero-order valence-corrected chi connectivity index (χ0v) is 17.2. The van der Waals surface area contributed by atoms with Crippen molar-refractivity contribution in [2.45, 2.75) is 19.0 Å². The molecule has 2 aromatic rings. The Bertz CT molecular complexity index is 944. The molecule has 0 aliphatic carbocycles. The topological polar surface area (TPSA) is 74.4 Å². The SMILES string of the molecule is C#CCN(C(=O)CCS(=O)CCC(F)(F)F)c1sc(-c2ccc[n+](O)c2)nc1Cl. The second-order valence-corrected chi connectivity index (χ2v) is 8.77. The van der Waals surface area contributed by atoms with Gasteiger partial charge in [-0.2, -0.15) is 13.2 Å². The second kappa shape index (κ2) is 10.0. The monoisotopic (exact) mass is 466 g/mol. The van der Waals surface area contributed by atoms with Crippen molar-refractivity contribution in [1.29, 1.82) is 0 Å². The third-order valence-corrected chi connectivity index (χ3v) is 6.38. The number of alkyl halides is 3. The highest BCUT2D eigenvalue weighted by molar-refractivity contribution is 7.84. The molecule has 1 amide bonds. The van der Waals surface area contributed by atoms with Gasteiger partial charge in [-0.05, 0) is 6.07 Å². The maximum absolute atomic E-state index is 12.5. The fraction of sp³-hybridized carbons (Fsp3) is 0.353. The fourth-order valence-electron chi connectivity index (χ4n) is 2.21. The Morgan fingerprint density at radius 2 is 2.17 bits per heavy atom. The van der Waals surface area contributed by atoms with Gasteiger partial charge in [0.1, 0.15) is 10.0 Å². The predicted molar refractivity (Wildman–Crippen MR) is 104 cm³/mol. The summed E-state index contributed by atoms with van der Waals surface area (Å²) >= 11 is 7.22. The number of carbonyl (C=O) groups is 1. The van der Waals surface area contributed by atoms with Crippen LogP contribution in [0.25, 0.3) is 10.6 Å². The van der Waals surface area contributed by atoms with Crippen LogP contribution in [0.1, 0.15) is 12.8 Å². The fourth-order valence-corrected chi connectivity index (χ4v) is 4.59. The van der Waals surface area contributed by atoms with Crippen molar-refractivity contribution in [3.05, 3.63) is 29.7 Å². The van der Waals surface area contributed by atoms with Crippen molar-refractivity contribution in [2.24, 2.45) is 0 Å². The van der Waals surface area contributed by atoms with Gasteiger partial charge in [0, 0.05) is 39.5 Å². The molecule has 1 N–H and O–H groups in total. The van der Waals surface area contributed by atoms with E-state index < -0.39 is 35.1 Å². The van der Waals surface area contributed by atoms with E-state index in [-0.39, 0.29) is 28.9 Å². The second-order valence-electron chi connectivity index (χ2n) is 5.73. The van der Waals surface area contributed by atoms with Crippen LogP contribution in [0.3, 0.4) is 0 Å². The van der Waals surface area contributed by atoms with E-state index in [4.69, 9.17) is 18.0 Å². The third-order valence-electron chi connectivity index (χ3n) is 3.55. The number of pyridine rings is 1. The van der Waals surface area contributed by atoms with Crippen LogP contribution in [0.4, 0.5) is 18.2 Å². The summed E-state index contributed by atoms with van der Waals surface area (Å²) in [6.07, 6.45) is 2.31. The minimum absolute atomic E-state index is 0.0140. The molecule has 0 fully saturated rings. The first-order valence-electron chi connectivity index (χ1n) is 8.13. The van der Waals surface area contributed by atoms with Crippen LogP contribution in [-0.4, -0.2) is 44.5 Å². The minimum Gasteiger partial charge on any atom is -0.289 e. The molecule has 1 atom stereocenters. The van der Waals surface area contributed by atoms with Gasteiger partial charge in [0.15, 0.2) is 5.15 Å². The van der Waals surface area contributed by atoms with Gasteiger partial charge in [0.2, 0.25) is 18.3 Å². The molecule has 0 saturated carbocycles. The van der Waals surface area contributed by atoms with Crippen LogP contribution in [0.5, 0.6) is 0 Å². The van der Waals surface area contributed by atoms with Gasteiger partial charge in [0.05, 0.1) is 18.5 Å². The number of amides is 1. The lowest BCUT2D eigenvalue weighted by Crippen LogP contribution is -2.32. The largest absolute Gasteiger partial charge is 0.390 e. The number of terminal acetylenes is 1.